The van der Waals surface area contributed by atoms with Crippen LogP contribution < -0.4 is 9.47 Å². The molecule has 246 valence electrons. The van der Waals surface area contributed by atoms with Gasteiger partial charge in [-0.25, -0.2) is 14.4 Å². The fourth-order valence-corrected chi connectivity index (χ4v) is 6.59. The molecule has 2 bridgehead atoms. The SMILES string of the molecule is COc1ccc2c3c1O[C@H]1C(OC(=O)[C@H](OC(C)=O)[C@@H](OC(C)=O)C(=O)O)=CC[C@@]4(O)[C@@H](C2)N(C)CC[C@]314.O=C(O)C(F)(F)F. The van der Waals surface area contributed by atoms with Crippen LogP contribution >= 0.6 is 0 Å². The molecule has 1 aromatic carbocycles. The molecular formula is C28H30F3NO13. The van der Waals surface area contributed by atoms with Crippen LogP contribution in [0, 0.1) is 0 Å². The maximum atomic E-state index is 13.3. The van der Waals surface area contributed by atoms with Gasteiger partial charge >= 0.3 is 36.0 Å². The summed E-state index contributed by atoms with van der Waals surface area (Å²) in [4.78, 5) is 59.3. The summed E-state index contributed by atoms with van der Waals surface area (Å²) >= 11 is 0. The number of rotatable bonds is 7. The maximum absolute atomic E-state index is 13.3. The van der Waals surface area contributed by atoms with Crippen LogP contribution in [0.2, 0.25) is 0 Å². The highest BCUT2D eigenvalue weighted by atomic mass is 19.4. The summed E-state index contributed by atoms with van der Waals surface area (Å²) in [6, 6.07) is 3.52. The van der Waals surface area contributed by atoms with Crippen LogP contribution in [0.4, 0.5) is 13.2 Å². The van der Waals surface area contributed by atoms with Gasteiger partial charge in [-0.05, 0) is 44.1 Å². The summed E-state index contributed by atoms with van der Waals surface area (Å²) < 4.78 is 59.0. The van der Waals surface area contributed by atoms with E-state index < -0.39 is 65.4 Å². The minimum absolute atomic E-state index is 0.0400. The van der Waals surface area contributed by atoms with Crippen LogP contribution in [-0.4, -0.2) is 107 Å². The van der Waals surface area contributed by atoms with E-state index in [1.54, 1.807) is 12.1 Å². The lowest BCUT2D eigenvalue weighted by Gasteiger charge is -2.61. The van der Waals surface area contributed by atoms with Crippen LogP contribution in [0.15, 0.2) is 24.0 Å². The highest BCUT2D eigenvalue weighted by Gasteiger charge is 2.72. The summed E-state index contributed by atoms with van der Waals surface area (Å²) in [6.45, 7) is 2.59. The molecule has 5 rings (SSSR count). The Bertz CT molecular complexity index is 1460. The monoisotopic (exact) mass is 645 g/mol. The number of aliphatic carboxylic acids is 2. The number of carboxylic acid groups (broad SMARTS) is 2. The second-order valence-corrected chi connectivity index (χ2v) is 10.9. The van der Waals surface area contributed by atoms with Crippen molar-refractivity contribution in [1.29, 1.82) is 0 Å². The molecule has 3 N–H and O–H groups in total. The molecule has 1 fully saturated rings. The smallest absolute Gasteiger partial charge is 0.490 e. The van der Waals surface area contributed by atoms with E-state index in [9.17, 15) is 42.6 Å². The van der Waals surface area contributed by atoms with Gasteiger partial charge in [0.25, 0.3) is 0 Å². The molecule has 0 aromatic heterocycles. The Balaban J connectivity index is 0.000000591. The van der Waals surface area contributed by atoms with Crippen LogP contribution in [0.3, 0.4) is 0 Å². The molecule has 1 saturated heterocycles. The van der Waals surface area contributed by atoms with E-state index in [0.29, 0.717) is 30.9 Å². The van der Waals surface area contributed by atoms with Gasteiger partial charge in [0.05, 0.1) is 18.1 Å². The van der Waals surface area contributed by atoms with Crippen molar-refractivity contribution in [1.82, 2.24) is 4.90 Å². The first-order valence-corrected chi connectivity index (χ1v) is 13.5. The topological polar surface area (TPSA) is 195 Å². The number of likely N-dealkylation sites (N-methyl/N-ethyl adjacent to an activating group) is 1. The Morgan fingerprint density at radius 3 is 2.20 bits per heavy atom. The van der Waals surface area contributed by atoms with E-state index >= 15 is 0 Å². The molecule has 4 aliphatic rings. The van der Waals surface area contributed by atoms with Crippen molar-refractivity contribution >= 4 is 29.8 Å². The minimum Gasteiger partial charge on any atom is -0.493 e. The number of alkyl halides is 3. The van der Waals surface area contributed by atoms with E-state index in [2.05, 4.69) is 4.90 Å². The maximum Gasteiger partial charge on any atom is 0.490 e. The lowest BCUT2D eigenvalue weighted by atomic mass is 9.50. The predicted molar refractivity (Wildman–Crippen MR) is 140 cm³/mol. The number of benzene rings is 1. The van der Waals surface area contributed by atoms with E-state index in [0.717, 1.165) is 25.0 Å². The fraction of sp³-hybridized carbons (Fsp3) is 0.536. The quantitative estimate of drug-likeness (QED) is 0.282. The number of piperidine rings is 1. The fourth-order valence-electron chi connectivity index (χ4n) is 6.59. The highest BCUT2D eigenvalue weighted by molar-refractivity contribution is 5.88. The van der Waals surface area contributed by atoms with Crippen molar-refractivity contribution in [2.45, 2.75) is 74.7 Å². The summed E-state index contributed by atoms with van der Waals surface area (Å²) in [5.74, 6) is -6.70. The Labute approximate surface area is 253 Å². The molecule has 0 saturated carbocycles. The number of carbonyl (C=O) groups excluding carboxylic acids is 3. The molecule has 17 heteroatoms. The van der Waals surface area contributed by atoms with Gasteiger partial charge in [0.2, 0.25) is 12.2 Å². The molecule has 6 atom stereocenters. The number of methoxy groups -OCH3 is 1. The lowest BCUT2D eigenvalue weighted by Crippen LogP contribution is -2.74. The van der Waals surface area contributed by atoms with Crippen molar-refractivity contribution in [3.8, 4) is 11.5 Å². The summed E-state index contributed by atoms with van der Waals surface area (Å²) in [5.41, 5.74) is -0.404. The molecule has 2 heterocycles. The second kappa shape index (κ2) is 11.8. The van der Waals surface area contributed by atoms with E-state index in [4.69, 9.17) is 33.6 Å². The van der Waals surface area contributed by atoms with E-state index in [1.807, 2.05) is 13.1 Å². The number of hydrogen-bond acceptors (Lipinski definition) is 12. The third kappa shape index (κ3) is 5.65. The molecular weight excluding hydrogens is 615 g/mol. The van der Waals surface area contributed by atoms with Crippen molar-refractivity contribution in [2.75, 3.05) is 20.7 Å². The highest BCUT2D eigenvalue weighted by Crippen LogP contribution is 2.65. The van der Waals surface area contributed by atoms with Gasteiger partial charge < -0.3 is 43.9 Å². The van der Waals surface area contributed by atoms with E-state index in [-0.39, 0.29) is 18.2 Å². The summed E-state index contributed by atoms with van der Waals surface area (Å²) in [5, 5.41) is 28.9. The number of halogens is 3. The Morgan fingerprint density at radius 1 is 1.07 bits per heavy atom. The van der Waals surface area contributed by atoms with Crippen LogP contribution in [-0.2, 0) is 50.0 Å². The number of carbonyl (C=O) groups is 5. The van der Waals surface area contributed by atoms with Gasteiger partial charge in [-0.15, -0.1) is 0 Å². The van der Waals surface area contributed by atoms with E-state index in [1.165, 1.54) is 7.11 Å². The molecule has 14 nitrogen and oxygen atoms in total. The number of ether oxygens (including phenoxy) is 5. The Hall–Kier alpha value is -4.38. The molecule has 1 spiro atoms. The second-order valence-electron chi connectivity index (χ2n) is 10.9. The first kappa shape index (κ1) is 33.5. The zero-order chi connectivity index (χ0) is 33.6. The molecule has 1 aromatic rings. The standard InChI is InChI=1S/C26H29NO11.C2HF3O2/c1-12(28)35-20(23(30)31)21(36-13(2)29)24(32)37-16-7-8-26(33)17-11-14-5-6-15(34-4)19-18(14)25(26,22(16)38-19)9-10-27(17)3;3-2(4,5)1(6)7/h5-7,17,20-22,33H,8-11H2,1-4H3,(H,30,31);(H,6,7)/t17-,20-,21-,22+,25+,26-;/m1./s1. The normalized spacial score (nSPS) is 27.2. The van der Waals surface area contributed by atoms with Crippen LogP contribution in [0.1, 0.15) is 37.8 Å². The Morgan fingerprint density at radius 2 is 1.67 bits per heavy atom. The average Bonchev–Trinajstić information content (AvgIpc) is 3.29. The summed E-state index contributed by atoms with van der Waals surface area (Å²) in [6.07, 6.45) is -7.47. The minimum atomic E-state index is -5.08. The van der Waals surface area contributed by atoms with Gasteiger partial charge in [0.15, 0.2) is 17.6 Å². The largest absolute Gasteiger partial charge is 0.493 e. The van der Waals surface area contributed by atoms with Crippen molar-refractivity contribution in [2.24, 2.45) is 0 Å². The Kier molecular flexibility index (Phi) is 8.82. The van der Waals surface area contributed by atoms with Crippen LogP contribution in [0.25, 0.3) is 0 Å². The number of hydrogen-bond donors (Lipinski definition) is 3. The molecule has 2 aliphatic carbocycles. The predicted octanol–water partition coefficient (Wildman–Crippen LogP) is 1.10. The number of carboxylic acids is 2. The number of esters is 3. The third-order valence-corrected chi connectivity index (χ3v) is 8.36. The lowest BCUT2D eigenvalue weighted by molar-refractivity contribution is -0.192. The molecule has 0 unspecified atom stereocenters. The first-order chi connectivity index (χ1) is 20.9. The zero-order valence-corrected chi connectivity index (χ0v) is 24.4. The van der Waals surface area contributed by atoms with Crippen molar-refractivity contribution in [3.63, 3.8) is 0 Å². The van der Waals surface area contributed by atoms with Gasteiger partial charge in [-0.1, -0.05) is 6.07 Å². The average molecular weight is 646 g/mol. The molecule has 2 aliphatic heterocycles. The van der Waals surface area contributed by atoms with Crippen molar-refractivity contribution < 1.29 is 76.1 Å². The van der Waals surface area contributed by atoms with Crippen LogP contribution in [0.5, 0.6) is 11.5 Å². The number of nitrogens with zero attached hydrogens (tertiary/aromatic N) is 1. The molecule has 0 amide bonds. The number of likely N-dealkylation sites (tertiary alicyclic amines) is 1. The van der Waals surface area contributed by atoms with Gasteiger partial charge in [-0.2, -0.15) is 13.2 Å². The third-order valence-electron chi connectivity index (χ3n) is 8.36. The van der Waals surface area contributed by atoms with Gasteiger partial charge in [0, 0.05) is 31.9 Å². The molecule has 0 radical (unpaired) electrons. The number of aliphatic hydroxyl groups is 1. The first-order valence-electron chi connectivity index (χ1n) is 13.5. The van der Waals surface area contributed by atoms with Gasteiger partial charge in [0.1, 0.15) is 5.76 Å². The zero-order valence-electron chi connectivity index (χ0n) is 24.4. The molecule has 45 heavy (non-hydrogen) atoms. The van der Waals surface area contributed by atoms with Crippen molar-refractivity contribution in [3.05, 3.63) is 35.1 Å². The summed E-state index contributed by atoms with van der Waals surface area (Å²) in [7, 11) is 3.47. The van der Waals surface area contributed by atoms with Gasteiger partial charge in [-0.3, -0.25) is 9.59 Å².